The predicted octanol–water partition coefficient (Wildman–Crippen LogP) is 6.64. The summed E-state index contributed by atoms with van der Waals surface area (Å²) in [4.78, 5) is 0. The summed E-state index contributed by atoms with van der Waals surface area (Å²) >= 11 is 0. The van der Waals surface area contributed by atoms with E-state index in [0.717, 1.165) is 0 Å². The molecule has 0 unspecified atom stereocenters. The Kier molecular flexibility index (Phi) is 15.9. The number of unbranched alkanes of at least 4 members (excludes halogenated alkanes) is 11. The van der Waals surface area contributed by atoms with Crippen molar-refractivity contribution in [2.45, 2.75) is 104 Å². The van der Waals surface area contributed by atoms with Crippen molar-refractivity contribution in [2.75, 3.05) is 54.4 Å². The zero-order valence-corrected chi connectivity index (χ0v) is 19.6. The fourth-order valence-corrected chi connectivity index (χ4v) is 4.28. The Hall–Kier alpha value is -0.0800. The van der Waals surface area contributed by atoms with E-state index in [0.29, 0.717) is 0 Å². The maximum absolute atomic E-state index is 2.38. The Balaban J connectivity index is 3.25. The zero-order valence-electron chi connectivity index (χ0n) is 19.6. The van der Waals surface area contributed by atoms with Gasteiger partial charge in [0.25, 0.3) is 0 Å². The van der Waals surface area contributed by atoms with Gasteiger partial charge >= 0.3 is 0 Å². The van der Waals surface area contributed by atoms with Crippen molar-refractivity contribution < 1.29 is 8.97 Å². The predicted molar refractivity (Wildman–Crippen MR) is 120 cm³/mol. The van der Waals surface area contributed by atoms with Crippen molar-refractivity contribution in [2.24, 2.45) is 0 Å². The monoisotopic (exact) mass is 370 g/mol. The summed E-state index contributed by atoms with van der Waals surface area (Å²) in [5.41, 5.74) is 0. The molecule has 0 saturated carbocycles. The fraction of sp³-hybridized carbons (Fsp3) is 1.00. The molecule has 0 aliphatic rings. The second kappa shape index (κ2) is 15.9. The molecular formula is C24H54N2+2. The first-order chi connectivity index (χ1) is 12.3. The minimum Gasteiger partial charge on any atom is -0.328 e. The fourth-order valence-electron chi connectivity index (χ4n) is 4.28. The number of rotatable bonds is 19. The first kappa shape index (κ1) is 25.9. The minimum absolute atomic E-state index is 1.21. The van der Waals surface area contributed by atoms with Crippen LogP contribution in [-0.2, 0) is 0 Å². The van der Waals surface area contributed by atoms with Crippen LogP contribution in [0.15, 0.2) is 0 Å². The van der Waals surface area contributed by atoms with E-state index in [1.165, 1.54) is 125 Å². The lowest BCUT2D eigenvalue weighted by atomic mass is 10.0. The molecule has 0 aromatic carbocycles. The summed E-state index contributed by atoms with van der Waals surface area (Å²) in [5.74, 6) is 0. The highest BCUT2D eigenvalue weighted by molar-refractivity contribution is 4.49. The average molecular weight is 371 g/mol. The van der Waals surface area contributed by atoms with Crippen molar-refractivity contribution in [3.8, 4) is 0 Å². The van der Waals surface area contributed by atoms with Crippen molar-refractivity contribution in [1.29, 1.82) is 0 Å². The van der Waals surface area contributed by atoms with E-state index in [-0.39, 0.29) is 0 Å². The van der Waals surface area contributed by atoms with Crippen LogP contribution < -0.4 is 0 Å². The molecule has 0 atom stereocenters. The Morgan fingerprint density at radius 2 is 0.577 bits per heavy atom. The lowest BCUT2D eigenvalue weighted by Crippen LogP contribution is -2.40. The first-order valence-electron chi connectivity index (χ1n) is 12.0. The van der Waals surface area contributed by atoms with Crippen LogP contribution in [0.25, 0.3) is 0 Å². The normalized spacial score (nSPS) is 12.7. The molecule has 0 amide bonds. The SMILES string of the molecule is CCC[N+](C)(C)CCCCCCCCCCCCCC[N+](C)(C)CCC. The molecule has 0 rings (SSSR count). The highest BCUT2D eigenvalue weighted by Crippen LogP contribution is 2.13. The van der Waals surface area contributed by atoms with Crippen molar-refractivity contribution in [3.05, 3.63) is 0 Å². The molecule has 26 heavy (non-hydrogen) atoms. The van der Waals surface area contributed by atoms with Gasteiger partial charge in [-0.1, -0.05) is 65.2 Å². The van der Waals surface area contributed by atoms with Crippen molar-refractivity contribution >= 4 is 0 Å². The third-order valence-corrected chi connectivity index (χ3v) is 5.93. The van der Waals surface area contributed by atoms with Crippen LogP contribution in [0.4, 0.5) is 0 Å². The van der Waals surface area contributed by atoms with Gasteiger partial charge in [-0.2, -0.15) is 0 Å². The van der Waals surface area contributed by atoms with Crippen LogP contribution in [-0.4, -0.2) is 63.3 Å². The van der Waals surface area contributed by atoms with Crippen LogP contribution in [0.5, 0.6) is 0 Å². The molecule has 0 spiro atoms. The van der Waals surface area contributed by atoms with Crippen molar-refractivity contribution in [3.63, 3.8) is 0 Å². The molecule has 0 radical (unpaired) electrons. The van der Waals surface area contributed by atoms with Gasteiger partial charge in [0, 0.05) is 0 Å². The van der Waals surface area contributed by atoms with E-state index in [9.17, 15) is 0 Å². The minimum atomic E-state index is 1.21. The molecule has 0 fully saturated rings. The summed E-state index contributed by atoms with van der Waals surface area (Å²) in [7, 11) is 9.53. The molecule has 0 aliphatic heterocycles. The van der Waals surface area contributed by atoms with E-state index in [1.807, 2.05) is 0 Å². The molecule has 0 aliphatic carbocycles. The molecule has 0 aromatic heterocycles. The Morgan fingerprint density at radius 3 is 0.808 bits per heavy atom. The average Bonchev–Trinajstić information content (AvgIpc) is 2.55. The second-order valence-electron chi connectivity index (χ2n) is 10.0. The third kappa shape index (κ3) is 17.3. The summed E-state index contributed by atoms with van der Waals surface area (Å²) in [5, 5.41) is 0. The van der Waals surface area contributed by atoms with Gasteiger partial charge in [-0.25, -0.2) is 0 Å². The smallest absolute Gasteiger partial charge is 0.0782 e. The van der Waals surface area contributed by atoms with E-state index in [1.54, 1.807) is 0 Å². The van der Waals surface area contributed by atoms with Crippen molar-refractivity contribution in [1.82, 2.24) is 0 Å². The summed E-state index contributed by atoms with van der Waals surface area (Å²) < 4.78 is 2.43. The quantitative estimate of drug-likeness (QED) is 0.176. The van der Waals surface area contributed by atoms with Crippen LogP contribution in [0.3, 0.4) is 0 Å². The topological polar surface area (TPSA) is 0 Å². The van der Waals surface area contributed by atoms with Gasteiger partial charge < -0.3 is 8.97 Å². The van der Waals surface area contributed by atoms with Crippen LogP contribution in [0.2, 0.25) is 0 Å². The molecule has 2 heteroatoms. The van der Waals surface area contributed by atoms with Gasteiger partial charge in [-0.05, 0) is 38.5 Å². The lowest BCUT2D eigenvalue weighted by Gasteiger charge is -2.29. The molecule has 0 saturated heterocycles. The van der Waals surface area contributed by atoms with Gasteiger partial charge in [0.1, 0.15) is 0 Å². The molecule has 0 N–H and O–H groups in total. The van der Waals surface area contributed by atoms with Gasteiger partial charge in [-0.15, -0.1) is 0 Å². The number of hydrogen-bond donors (Lipinski definition) is 0. The maximum Gasteiger partial charge on any atom is 0.0782 e. The van der Waals surface area contributed by atoms with E-state index >= 15 is 0 Å². The lowest BCUT2D eigenvalue weighted by molar-refractivity contribution is -0.890. The van der Waals surface area contributed by atoms with Crippen LogP contribution in [0, 0.1) is 0 Å². The van der Waals surface area contributed by atoms with Gasteiger partial charge in [0.05, 0.1) is 54.4 Å². The van der Waals surface area contributed by atoms with E-state index in [2.05, 4.69) is 42.0 Å². The largest absolute Gasteiger partial charge is 0.328 e. The Labute approximate surface area is 167 Å². The first-order valence-corrected chi connectivity index (χ1v) is 12.0. The molecule has 0 bridgehead atoms. The summed E-state index contributed by atoms with van der Waals surface area (Å²) in [6.45, 7) is 9.98. The highest BCUT2D eigenvalue weighted by atomic mass is 15.3. The van der Waals surface area contributed by atoms with Gasteiger partial charge in [0.2, 0.25) is 0 Å². The van der Waals surface area contributed by atoms with E-state index < -0.39 is 0 Å². The Morgan fingerprint density at radius 1 is 0.346 bits per heavy atom. The highest BCUT2D eigenvalue weighted by Gasteiger charge is 2.12. The molecular weight excluding hydrogens is 316 g/mol. The summed E-state index contributed by atoms with van der Waals surface area (Å²) in [6.07, 6.45) is 20.1. The molecule has 0 aromatic rings. The standard InChI is InChI=1S/C24H54N2/c1-7-21-25(3,4)23-19-17-15-13-11-9-10-12-14-16-18-20-24-26(5,6)22-8-2/h7-24H2,1-6H3/q+2. The molecule has 158 valence electrons. The van der Waals surface area contributed by atoms with Gasteiger partial charge in [-0.3, -0.25) is 0 Å². The Bertz CT molecular complexity index is 267. The van der Waals surface area contributed by atoms with Gasteiger partial charge in [0.15, 0.2) is 0 Å². The molecule has 0 heterocycles. The van der Waals surface area contributed by atoms with E-state index in [4.69, 9.17) is 0 Å². The van der Waals surface area contributed by atoms with Crippen LogP contribution in [0.1, 0.15) is 104 Å². The number of nitrogens with zero attached hydrogens (tertiary/aromatic N) is 2. The summed E-state index contributed by atoms with van der Waals surface area (Å²) in [6, 6.07) is 0. The third-order valence-electron chi connectivity index (χ3n) is 5.93. The number of quaternary nitrogens is 2. The molecule has 2 nitrogen and oxygen atoms in total. The second-order valence-corrected chi connectivity index (χ2v) is 10.0. The number of hydrogen-bond acceptors (Lipinski definition) is 0. The maximum atomic E-state index is 2.38. The van der Waals surface area contributed by atoms with Crippen LogP contribution >= 0.6 is 0 Å². The zero-order chi connectivity index (χ0) is 19.7.